The second-order valence-corrected chi connectivity index (χ2v) is 8.74. The summed E-state index contributed by atoms with van der Waals surface area (Å²) in [6.45, 7) is 8.49. The van der Waals surface area contributed by atoms with Crippen molar-refractivity contribution < 1.29 is 18.7 Å². The number of likely N-dealkylation sites (tertiary alicyclic amines) is 1. The van der Waals surface area contributed by atoms with E-state index in [1.54, 1.807) is 6.07 Å². The molecule has 2 saturated heterocycles. The van der Waals surface area contributed by atoms with Gasteiger partial charge in [-0.3, -0.25) is 19.4 Å². The van der Waals surface area contributed by atoms with E-state index in [-0.39, 0.29) is 29.2 Å². The van der Waals surface area contributed by atoms with Crippen molar-refractivity contribution in [1.82, 2.24) is 9.80 Å². The van der Waals surface area contributed by atoms with Crippen LogP contribution in [0.5, 0.6) is 5.75 Å². The van der Waals surface area contributed by atoms with Gasteiger partial charge in [0, 0.05) is 39.1 Å². The summed E-state index contributed by atoms with van der Waals surface area (Å²) in [6, 6.07) is 5.07. The van der Waals surface area contributed by atoms with Gasteiger partial charge in [0.05, 0.1) is 17.2 Å². The van der Waals surface area contributed by atoms with Crippen LogP contribution in [0.2, 0.25) is 0 Å². The summed E-state index contributed by atoms with van der Waals surface area (Å²) in [5.41, 5.74) is 0.491. The first-order valence-electron chi connectivity index (χ1n) is 10.7. The van der Waals surface area contributed by atoms with Crippen molar-refractivity contribution in [2.24, 2.45) is 5.41 Å². The van der Waals surface area contributed by atoms with Crippen LogP contribution in [0.3, 0.4) is 0 Å². The van der Waals surface area contributed by atoms with E-state index >= 15 is 0 Å². The predicted octanol–water partition coefficient (Wildman–Crippen LogP) is 2.66. The highest BCUT2D eigenvalue weighted by Crippen LogP contribution is 2.54. The van der Waals surface area contributed by atoms with Gasteiger partial charge in [0.2, 0.25) is 11.8 Å². The van der Waals surface area contributed by atoms with Crippen LogP contribution in [0.4, 0.5) is 10.1 Å². The number of hydrogen-bond donors (Lipinski definition) is 0. The van der Waals surface area contributed by atoms with Gasteiger partial charge in [-0.05, 0) is 51.8 Å². The van der Waals surface area contributed by atoms with Gasteiger partial charge in [0.15, 0.2) is 11.6 Å². The van der Waals surface area contributed by atoms with Crippen molar-refractivity contribution in [3.8, 4) is 5.75 Å². The van der Waals surface area contributed by atoms with Crippen LogP contribution in [0.15, 0.2) is 18.2 Å². The van der Waals surface area contributed by atoms with Gasteiger partial charge in [0.1, 0.15) is 0 Å². The third kappa shape index (κ3) is 4.10. The number of amides is 2. The van der Waals surface area contributed by atoms with Gasteiger partial charge in [-0.15, -0.1) is 0 Å². The first kappa shape index (κ1) is 20.1. The number of nitrogens with zero attached hydrogens (tertiary/aromatic N) is 3. The molecule has 1 saturated carbocycles. The number of carbonyl (C=O) groups excluding carboxylic acids is 2. The van der Waals surface area contributed by atoms with Crippen LogP contribution >= 0.6 is 0 Å². The molecule has 0 radical (unpaired) electrons. The Morgan fingerprint density at radius 3 is 2.45 bits per heavy atom. The monoisotopic (exact) mass is 403 g/mol. The molecule has 3 aliphatic rings. The summed E-state index contributed by atoms with van der Waals surface area (Å²) in [5.74, 6) is 0.0558. The fraction of sp³-hybridized carbons (Fsp3) is 0.636. The molecule has 3 fully saturated rings. The Kier molecular flexibility index (Phi) is 5.51. The van der Waals surface area contributed by atoms with Gasteiger partial charge < -0.3 is 9.64 Å². The standard InChI is InChI=1S/C22H30FN3O3/c1-16(2)29-20-17(23)5-3-6-18(20)25-13-11-24(12-14-25)9-4-10-26-19(27)15-22(7-8-22)21(26)28/h3,5-6,16H,4,7-15H2,1-2H3. The number of ether oxygens (including phenoxy) is 1. The van der Waals surface area contributed by atoms with E-state index in [0.717, 1.165) is 57.7 Å². The molecule has 0 bridgehead atoms. The number of rotatable bonds is 7. The predicted molar refractivity (Wildman–Crippen MR) is 108 cm³/mol. The van der Waals surface area contributed by atoms with Crippen LogP contribution in [0.1, 0.15) is 39.5 Å². The Balaban J connectivity index is 1.27. The molecule has 6 nitrogen and oxygen atoms in total. The summed E-state index contributed by atoms with van der Waals surface area (Å²) in [6.07, 6.45) is 2.88. The Morgan fingerprint density at radius 1 is 1.10 bits per heavy atom. The van der Waals surface area contributed by atoms with Gasteiger partial charge in [-0.25, -0.2) is 4.39 Å². The zero-order valence-electron chi connectivity index (χ0n) is 17.3. The topological polar surface area (TPSA) is 53.1 Å². The number of imide groups is 1. The van der Waals surface area contributed by atoms with E-state index in [0.29, 0.717) is 18.7 Å². The molecule has 0 N–H and O–H groups in total. The summed E-state index contributed by atoms with van der Waals surface area (Å²) >= 11 is 0. The van der Waals surface area contributed by atoms with Crippen molar-refractivity contribution in [3.63, 3.8) is 0 Å². The molecular weight excluding hydrogens is 373 g/mol. The fourth-order valence-electron chi connectivity index (χ4n) is 4.39. The lowest BCUT2D eigenvalue weighted by atomic mass is 10.1. The number of anilines is 1. The molecular formula is C22H30FN3O3. The van der Waals surface area contributed by atoms with Gasteiger partial charge in [-0.2, -0.15) is 0 Å². The zero-order valence-corrected chi connectivity index (χ0v) is 17.3. The molecule has 158 valence electrons. The molecule has 1 spiro atoms. The smallest absolute Gasteiger partial charge is 0.235 e. The van der Waals surface area contributed by atoms with Crippen molar-refractivity contribution >= 4 is 17.5 Å². The second-order valence-electron chi connectivity index (χ2n) is 8.74. The zero-order chi connectivity index (χ0) is 20.6. The Labute approximate surface area is 171 Å². The SMILES string of the molecule is CC(C)Oc1c(F)cccc1N1CCN(CCCN2C(=O)CC3(CC3)C2=O)CC1. The third-order valence-corrected chi connectivity index (χ3v) is 6.21. The largest absolute Gasteiger partial charge is 0.486 e. The maximum atomic E-state index is 14.3. The molecule has 1 aliphatic carbocycles. The minimum absolute atomic E-state index is 0.00102. The lowest BCUT2D eigenvalue weighted by molar-refractivity contribution is -0.139. The van der Waals surface area contributed by atoms with E-state index in [4.69, 9.17) is 4.74 Å². The van der Waals surface area contributed by atoms with E-state index in [2.05, 4.69) is 9.80 Å². The van der Waals surface area contributed by atoms with Crippen molar-refractivity contribution in [2.45, 2.75) is 45.6 Å². The number of halogens is 1. The van der Waals surface area contributed by atoms with Crippen LogP contribution in [0.25, 0.3) is 0 Å². The van der Waals surface area contributed by atoms with Gasteiger partial charge in [-0.1, -0.05) is 6.07 Å². The molecule has 0 atom stereocenters. The average Bonchev–Trinajstić information content (AvgIpc) is 3.42. The van der Waals surface area contributed by atoms with Crippen molar-refractivity contribution in [3.05, 3.63) is 24.0 Å². The number of hydrogen-bond acceptors (Lipinski definition) is 5. The van der Waals surface area contributed by atoms with E-state index in [1.807, 2.05) is 19.9 Å². The average molecular weight is 403 g/mol. The minimum atomic E-state index is -0.327. The molecule has 29 heavy (non-hydrogen) atoms. The van der Waals surface area contributed by atoms with Crippen LogP contribution in [0, 0.1) is 11.2 Å². The van der Waals surface area contributed by atoms with Crippen LogP contribution < -0.4 is 9.64 Å². The number of carbonyl (C=O) groups is 2. The Hall–Kier alpha value is -2.15. The third-order valence-electron chi connectivity index (χ3n) is 6.21. The number of benzene rings is 1. The van der Waals surface area contributed by atoms with E-state index in [9.17, 15) is 14.0 Å². The summed E-state index contributed by atoms with van der Waals surface area (Å²) in [5, 5.41) is 0. The molecule has 4 rings (SSSR count). The molecule has 2 heterocycles. The number of para-hydroxylation sites is 1. The van der Waals surface area contributed by atoms with Gasteiger partial charge in [0.25, 0.3) is 0 Å². The molecule has 1 aromatic rings. The van der Waals surface area contributed by atoms with E-state index < -0.39 is 0 Å². The highest BCUT2D eigenvalue weighted by Gasteiger charge is 2.59. The molecule has 7 heteroatoms. The fourth-order valence-corrected chi connectivity index (χ4v) is 4.39. The second kappa shape index (κ2) is 7.94. The van der Waals surface area contributed by atoms with Crippen molar-refractivity contribution in [1.29, 1.82) is 0 Å². The first-order valence-corrected chi connectivity index (χ1v) is 10.7. The Morgan fingerprint density at radius 2 is 1.83 bits per heavy atom. The lowest BCUT2D eigenvalue weighted by Crippen LogP contribution is -2.47. The van der Waals surface area contributed by atoms with E-state index in [1.165, 1.54) is 11.0 Å². The Bertz CT molecular complexity index is 786. The maximum Gasteiger partial charge on any atom is 0.235 e. The van der Waals surface area contributed by atoms with Gasteiger partial charge >= 0.3 is 0 Å². The number of piperazine rings is 1. The molecule has 0 aromatic heterocycles. The highest BCUT2D eigenvalue weighted by molar-refractivity contribution is 6.07. The summed E-state index contributed by atoms with van der Waals surface area (Å²) in [4.78, 5) is 30.5. The molecule has 0 unspecified atom stereocenters. The van der Waals surface area contributed by atoms with Crippen molar-refractivity contribution in [2.75, 3.05) is 44.2 Å². The summed E-state index contributed by atoms with van der Waals surface area (Å²) in [7, 11) is 0. The molecule has 1 aromatic carbocycles. The maximum absolute atomic E-state index is 14.3. The highest BCUT2D eigenvalue weighted by atomic mass is 19.1. The lowest BCUT2D eigenvalue weighted by Gasteiger charge is -2.37. The minimum Gasteiger partial charge on any atom is -0.486 e. The first-order chi connectivity index (χ1) is 13.9. The molecule has 2 aliphatic heterocycles. The quantitative estimate of drug-likeness (QED) is 0.655. The molecule has 2 amide bonds. The van der Waals surface area contributed by atoms with Crippen LogP contribution in [-0.2, 0) is 9.59 Å². The summed E-state index contributed by atoms with van der Waals surface area (Å²) < 4.78 is 20.0. The normalized spacial score (nSPS) is 21.5. The van der Waals surface area contributed by atoms with Crippen LogP contribution in [-0.4, -0.2) is 67.0 Å².